The zero-order valence-corrected chi connectivity index (χ0v) is 14.3. The maximum atomic E-state index is 11.7. The quantitative estimate of drug-likeness (QED) is 0.835. The van der Waals surface area contributed by atoms with Crippen LogP contribution in [0.4, 0.5) is 4.79 Å². The zero-order valence-electron chi connectivity index (χ0n) is 14.3. The SMILES string of the molecule is Cn1c(C2CCCN2CCN2C(=O)CNC2=O)nc2c1CCCC2. The van der Waals surface area contributed by atoms with Gasteiger partial charge in [0.15, 0.2) is 0 Å². The minimum atomic E-state index is -0.261. The average molecular weight is 331 g/mol. The molecule has 24 heavy (non-hydrogen) atoms. The largest absolute Gasteiger partial charge is 0.334 e. The number of fused-ring (bicyclic) bond motifs is 1. The van der Waals surface area contributed by atoms with Gasteiger partial charge in [-0.3, -0.25) is 14.6 Å². The van der Waals surface area contributed by atoms with Gasteiger partial charge in [-0.2, -0.15) is 0 Å². The third kappa shape index (κ3) is 2.60. The van der Waals surface area contributed by atoms with Gasteiger partial charge < -0.3 is 9.88 Å². The number of aryl methyl sites for hydroxylation is 1. The first-order valence-electron chi connectivity index (χ1n) is 9.02. The molecule has 3 heterocycles. The number of imide groups is 1. The first kappa shape index (κ1) is 15.6. The molecule has 0 radical (unpaired) electrons. The number of rotatable bonds is 4. The lowest BCUT2D eigenvalue weighted by Gasteiger charge is -2.26. The maximum Gasteiger partial charge on any atom is 0.324 e. The van der Waals surface area contributed by atoms with Crippen LogP contribution in [0.1, 0.15) is 48.9 Å². The number of hydrogen-bond donors (Lipinski definition) is 1. The Balaban J connectivity index is 1.48. The van der Waals surface area contributed by atoms with Crippen molar-refractivity contribution >= 4 is 11.9 Å². The lowest BCUT2D eigenvalue weighted by molar-refractivity contribution is -0.125. The van der Waals surface area contributed by atoms with Crippen LogP contribution in [-0.2, 0) is 24.7 Å². The lowest BCUT2D eigenvalue weighted by Crippen LogP contribution is -2.39. The number of carbonyl (C=O) groups excluding carboxylic acids is 2. The summed E-state index contributed by atoms with van der Waals surface area (Å²) in [6.45, 7) is 2.33. The molecule has 7 nitrogen and oxygen atoms in total. The third-order valence-corrected chi connectivity index (χ3v) is 5.62. The van der Waals surface area contributed by atoms with Crippen molar-refractivity contribution in [1.82, 2.24) is 24.7 Å². The highest BCUT2D eigenvalue weighted by Crippen LogP contribution is 2.33. The predicted molar refractivity (Wildman–Crippen MR) is 88.5 cm³/mol. The standard InChI is InChI=1S/C17H25N5O2/c1-20-13-6-3-2-5-12(13)19-16(20)14-7-4-8-21(14)9-10-22-15(23)11-18-17(22)24/h14H,2-11H2,1H3,(H,18,24). The van der Waals surface area contributed by atoms with Crippen LogP contribution in [0.5, 0.6) is 0 Å². The second kappa shape index (κ2) is 6.20. The molecule has 3 aliphatic rings. The third-order valence-electron chi connectivity index (χ3n) is 5.62. The van der Waals surface area contributed by atoms with E-state index in [1.807, 2.05) is 0 Å². The van der Waals surface area contributed by atoms with Crippen molar-refractivity contribution in [3.63, 3.8) is 0 Å². The first-order chi connectivity index (χ1) is 11.6. The summed E-state index contributed by atoms with van der Waals surface area (Å²) in [6, 6.07) is 0.0459. The van der Waals surface area contributed by atoms with E-state index in [9.17, 15) is 9.59 Å². The van der Waals surface area contributed by atoms with E-state index in [4.69, 9.17) is 4.98 Å². The number of amides is 3. The fraction of sp³-hybridized carbons (Fsp3) is 0.706. The van der Waals surface area contributed by atoms with Gasteiger partial charge in [0.05, 0.1) is 18.3 Å². The van der Waals surface area contributed by atoms with E-state index in [0.29, 0.717) is 12.6 Å². The van der Waals surface area contributed by atoms with Crippen LogP contribution in [0.25, 0.3) is 0 Å². The molecule has 2 aliphatic heterocycles. The number of aromatic nitrogens is 2. The molecule has 1 atom stereocenters. The molecule has 130 valence electrons. The molecule has 0 aromatic carbocycles. The molecular formula is C17H25N5O2. The molecule has 4 rings (SSSR count). The summed E-state index contributed by atoms with van der Waals surface area (Å²) in [5, 5.41) is 2.58. The molecule has 0 spiro atoms. The molecular weight excluding hydrogens is 306 g/mol. The molecule has 1 aliphatic carbocycles. The van der Waals surface area contributed by atoms with Crippen LogP contribution in [0.2, 0.25) is 0 Å². The highest BCUT2D eigenvalue weighted by molar-refractivity contribution is 6.01. The molecule has 2 saturated heterocycles. The maximum absolute atomic E-state index is 11.7. The second-order valence-electron chi connectivity index (χ2n) is 7.03. The number of likely N-dealkylation sites (tertiary alicyclic amines) is 1. The second-order valence-corrected chi connectivity index (χ2v) is 7.03. The Hall–Kier alpha value is -1.89. The minimum Gasteiger partial charge on any atom is -0.334 e. The Morgan fingerprint density at radius 3 is 2.75 bits per heavy atom. The number of nitrogens with zero attached hydrogens (tertiary/aromatic N) is 4. The summed E-state index contributed by atoms with van der Waals surface area (Å²) in [5.74, 6) is 1.04. The van der Waals surface area contributed by atoms with Gasteiger partial charge in [-0.15, -0.1) is 0 Å². The fourth-order valence-corrected chi connectivity index (χ4v) is 4.30. The van der Waals surface area contributed by atoms with Gasteiger partial charge in [-0.25, -0.2) is 9.78 Å². The van der Waals surface area contributed by atoms with E-state index in [1.54, 1.807) is 0 Å². The Bertz CT molecular complexity index is 652. The molecule has 1 aromatic rings. The van der Waals surface area contributed by atoms with Gasteiger partial charge in [-0.1, -0.05) is 0 Å². The highest BCUT2D eigenvalue weighted by atomic mass is 16.2. The Labute approximate surface area is 142 Å². The normalized spacial score (nSPS) is 24.5. The molecule has 0 saturated carbocycles. The monoisotopic (exact) mass is 331 g/mol. The van der Waals surface area contributed by atoms with Gasteiger partial charge in [0.2, 0.25) is 5.91 Å². The Kier molecular flexibility index (Phi) is 4.04. The highest BCUT2D eigenvalue weighted by Gasteiger charge is 2.33. The van der Waals surface area contributed by atoms with Crippen LogP contribution < -0.4 is 5.32 Å². The number of hydrogen-bond acceptors (Lipinski definition) is 4. The lowest BCUT2D eigenvalue weighted by atomic mass is 10.0. The van der Waals surface area contributed by atoms with E-state index in [-0.39, 0.29) is 18.5 Å². The Morgan fingerprint density at radius 1 is 1.17 bits per heavy atom. The van der Waals surface area contributed by atoms with Crippen molar-refractivity contribution in [3.8, 4) is 0 Å². The number of urea groups is 1. The summed E-state index contributed by atoms with van der Waals surface area (Å²) in [6.07, 6.45) is 6.97. The van der Waals surface area contributed by atoms with E-state index < -0.39 is 0 Å². The molecule has 2 fully saturated rings. The van der Waals surface area contributed by atoms with Crippen molar-refractivity contribution < 1.29 is 9.59 Å². The summed E-state index contributed by atoms with van der Waals surface area (Å²) >= 11 is 0. The molecule has 3 amide bonds. The van der Waals surface area contributed by atoms with Crippen LogP contribution in [-0.4, -0.2) is 57.5 Å². The zero-order chi connectivity index (χ0) is 16.7. The van der Waals surface area contributed by atoms with Crippen molar-refractivity contribution in [1.29, 1.82) is 0 Å². The fourth-order valence-electron chi connectivity index (χ4n) is 4.30. The van der Waals surface area contributed by atoms with Crippen molar-refractivity contribution in [2.24, 2.45) is 7.05 Å². The summed E-state index contributed by atoms with van der Waals surface area (Å²) < 4.78 is 2.30. The van der Waals surface area contributed by atoms with Gasteiger partial charge in [0.1, 0.15) is 5.82 Å². The molecule has 7 heteroatoms. The van der Waals surface area contributed by atoms with Crippen molar-refractivity contribution in [2.45, 2.75) is 44.6 Å². The Morgan fingerprint density at radius 2 is 2.00 bits per heavy atom. The minimum absolute atomic E-state index is 0.122. The number of imidazole rings is 1. The topological polar surface area (TPSA) is 70.5 Å². The van der Waals surface area contributed by atoms with Crippen LogP contribution in [0, 0.1) is 0 Å². The molecule has 1 aromatic heterocycles. The number of nitrogens with one attached hydrogen (secondary N) is 1. The van der Waals surface area contributed by atoms with E-state index >= 15 is 0 Å². The average Bonchev–Trinajstić information content (AvgIpc) is 3.25. The molecule has 1 N–H and O–H groups in total. The summed E-state index contributed by atoms with van der Waals surface area (Å²) in [4.78, 5) is 32.1. The van der Waals surface area contributed by atoms with Crippen molar-refractivity contribution in [3.05, 3.63) is 17.2 Å². The van der Waals surface area contributed by atoms with Crippen LogP contribution in [0.3, 0.4) is 0 Å². The van der Waals surface area contributed by atoms with Gasteiger partial charge in [0.25, 0.3) is 0 Å². The summed E-state index contributed by atoms with van der Waals surface area (Å²) in [5.41, 5.74) is 2.68. The number of carbonyl (C=O) groups is 2. The van der Waals surface area contributed by atoms with E-state index in [2.05, 4.69) is 21.8 Å². The predicted octanol–water partition coefficient (Wildman–Crippen LogP) is 0.988. The van der Waals surface area contributed by atoms with Gasteiger partial charge in [-0.05, 0) is 45.1 Å². The first-order valence-corrected chi connectivity index (χ1v) is 9.02. The van der Waals surface area contributed by atoms with E-state index in [0.717, 1.165) is 44.6 Å². The molecule has 0 bridgehead atoms. The smallest absolute Gasteiger partial charge is 0.324 e. The molecule has 1 unspecified atom stereocenters. The van der Waals surface area contributed by atoms with Crippen molar-refractivity contribution in [2.75, 3.05) is 26.2 Å². The van der Waals surface area contributed by atoms with Gasteiger partial charge in [0, 0.05) is 25.8 Å². The van der Waals surface area contributed by atoms with E-state index in [1.165, 1.54) is 29.1 Å². The van der Waals surface area contributed by atoms with Gasteiger partial charge >= 0.3 is 6.03 Å². The van der Waals surface area contributed by atoms with Crippen LogP contribution >= 0.6 is 0 Å². The summed E-state index contributed by atoms with van der Waals surface area (Å²) in [7, 11) is 2.14. The van der Waals surface area contributed by atoms with Crippen LogP contribution in [0.15, 0.2) is 0 Å².